The number of amides is 1. The number of piperidine rings is 1. The summed E-state index contributed by atoms with van der Waals surface area (Å²) in [5, 5.41) is 10.2. The van der Waals surface area contributed by atoms with Gasteiger partial charge in [0.25, 0.3) is 0 Å². The summed E-state index contributed by atoms with van der Waals surface area (Å²) in [5.74, 6) is 1.96. The number of anilines is 1. The Kier molecular flexibility index (Phi) is 5.91. The fourth-order valence-corrected chi connectivity index (χ4v) is 4.54. The molecule has 1 aromatic rings. The number of nitrogens with one attached hydrogen (secondary N) is 3. The van der Waals surface area contributed by atoms with Crippen LogP contribution >= 0.6 is 23.1 Å². The van der Waals surface area contributed by atoms with Crippen molar-refractivity contribution in [1.29, 1.82) is 0 Å². The number of allylic oxidation sites excluding steroid dienone is 1. The van der Waals surface area contributed by atoms with E-state index >= 15 is 0 Å². The van der Waals surface area contributed by atoms with Gasteiger partial charge in [0.1, 0.15) is 5.76 Å². The van der Waals surface area contributed by atoms with Crippen LogP contribution in [0.1, 0.15) is 33.6 Å². The lowest BCUT2D eigenvalue weighted by atomic mass is 9.95. The molecule has 2 aliphatic rings. The number of ether oxygens (including phenoxy) is 1. The Bertz CT molecular complexity index is 633. The molecule has 0 aliphatic carbocycles. The van der Waals surface area contributed by atoms with Gasteiger partial charge in [0.05, 0.1) is 16.2 Å². The van der Waals surface area contributed by atoms with Crippen molar-refractivity contribution in [2.75, 3.05) is 24.2 Å². The van der Waals surface area contributed by atoms with Crippen LogP contribution in [0.5, 0.6) is 0 Å². The van der Waals surface area contributed by atoms with Crippen molar-refractivity contribution in [3.63, 3.8) is 0 Å². The van der Waals surface area contributed by atoms with Crippen LogP contribution in [0.2, 0.25) is 0 Å². The monoisotopic (exact) mass is 382 g/mol. The third kappa shape index (κ3) is 5.12. The van der Waals surface area contributed by atoms with E-state index in [1.54, 1.807) is 11.8 Å². The van der Waals surface area contributed by atoms with E-state index in [1.807, 2.05) is 12.4 Å². The molecule has 0 bridgehead atoms. The van der Waals surface area contributed by atoms with Gasteiger partial charge in [-0.1, -0.05) is 32.1 Å². The SMILES string of the molecule is CC(C)(C)C1=CNC(CSc2cnc(NC(=O)C3CCNCC3)s2)O1. The number of thiazole rings is 1. The maximum atomic E-state index is 12.3. The summed E-state index contributed by atoms with van der Waals surface area (Å²) in [4.78, 5) is 16.6. The smallest absolute Gasteiger partial charge is 0.229 e. The van der Waals surface area contributed by atoms with Gasteiger partial charge in [0.2, 0.25) is 5.91 Å². The van der Waals surface area contributed by atoms with Crippen LogP contribution in [0.4, 0.5) is 5.13 Å². The fourth-order valence-electron chi connectivity index (χ4n) is 2.70. The molecule has 1 fully saturated rings. The summed E-state index contributed by atoms with van der Waals surface area (Å²) in [7, 11) is 0. The van der Waals surface area contributed by atoms with E-state index in [-0.39, 0.29) is 23.5 Å². The Labute approximate surface area is 157 Å². The molecule has 8 heteroatoms. The molecule has 6 nitrogen and oxygen atoms in total. The number of nitrogens with zero attached hydrogens (tertiary/aromatic N) is 1. The first-order valence-electron chi connectivity index (χ1n) is 8.65. The molecule has 1 unspecified atom stereocenters. The minimum Gasteiger partial charge on any atom is -0.472 e. The van der Waals surface area contributed by atoms with Crippen LogP contribution in [0.25, 0.3) is 0 Å². The average molecular weight is 383 g/mol. The van der Waals surface area contributed by atoms with Crippen molar-refractivity contribution in [3.05, 3.63) is 18.2 Å². The average Bonchev–Trinajstić information content (AvgIpc) is 3.22. The van der Waals surface area contributed by atoms with Crippen LogP contribution in [0.15, 0.2) is 22.4 Å². The van der Waals surface area contributed by atoms with Gasteiger partial charge in [0.15, 0.2) is 11.4 Å². The highest BCUT2D eigenvalue weighted by atomic mass is 32.2. The number of carbonyl (C=O) groups excluding carboxylic acids is 1. The lowest BCUT2D eigenvalue weighted by Crippen LogP contribution is -2.34. The maximum absolute atomic E-state index is 12.3. The first-order chi connectivity index (χ1) is 11.9. The minimum atomic E-state index is -0.0193. The number of carbonyl (C=O) groups is 1. The number of hydrogen-bond acceptors (Lipinski definition) is 7. The van der Waals surface area contributed by atoms with Gasteiger partial charge in [-0.15, -0.1) is 11.8 Å². The summed E-state index contributed by atoms with van der Waals surface area (Å²) >= 11 is 3.21. The van der Waals surface area contributed by atoms with Crippen molar-refractivity contribution in [2.45, 2.75) is 44.0 Å². The third-order valence-corrected chi connectivity index (χ3v) is 6.38. The van der Waals surface area contributed by atoms with Gasteiger partial charge in [-0.05, 0) is 25.9 Å². The van der Waals surface area contributed by atoms with Gasteiger partial charge >= 0.3 is 0 Å². The summed E-state index contributed by atoms with van der Waals surface area (Å²) in [6.45, 7) is 8.23. The third-order valence-electron chi connectivity index (χ3n) is 4.21. The van der Waals surface area contributed by atoms with Crippen LogP contribution in [0.3, 0.4) is 0 Å². The van der Waals surface area contributed by atoms with Crippen LogP contribution in [-0.2, 0) is 9.53 Å². The molecule has 2 aliphatic heterocycles. The molecular formula is C17H26N4O2S2. The van der Waals surface area contributed by atoms with E-state index in [0.29, 0.717) is 5.13 Å². The predicted molar refractivity (Wildman–Crippen MR) is 103 cm³/mol. The zero-order valence-electron chi connectivity index (χ0n) is 14.9. The Balaban J connectivity index is 1.44. The summed E-state index contributed by atoms with van der Waals surface area (Å²) in [5.41, 5.74) is 0.0169. The molecule has 3 rings (SSSR count). The molecule has 0 aromatic carbocycles. The first kappa shape index (κ1) is 18.5. The molecular weight excluding hydrogens is 356 g/mol. The molecule has 1 amide bonds. The molecule has 3 heterocycles. The van der Waals surface area contributed by atoms with Gasteiger partial charge in [0, 0.05) is 17.5 Å². The summed E-state index contributed by atoms with van der Waals surface area (Å²) < 4.78 is 7.01. The van der Waals surface area contributed by atoms with Crippen molar-refractivity contribution in [1.82, 2.24) is 15.6 Å². The van der Waals surface area contributed by atoms with Crippen molar-refractivity contribution in [2.24, 2.45) is 11.3 Å². The first-order valence-corrected chi connectivity index (χ1v) is 10.5. The highest BCUT2D eigenvalue weighted by Crippen LogP contribution is 2.33. The zero-order chi connectivity index (χ0) is 17.9. The molecule has 0 spiro atoms. The van der Waals surface area contributed by atoms with E-state index in [1.165, 1.54) is 11.3 Å². The summed E-state index contributed by atoms with van der Waals surface area (Å²) in [6.07, 6.45) is 5.55. The predicted octanol–water partition coefficient (Wildman–Crippen LogP) is 3.01. The minimum absolute atomic E-state index is 0.0169. The van der Waals surface area contributed by atoms with Crippen molar-refractivity contribution >= 4 is 34.1 Å². The van der Waals surface area contributed by atoms with Gasteiger partial charge in [-0.2, -0.15) is 0 Å². The highest BCUT2D eigenvalue weighted by Gasteiger charge is 2.27. The molecule has 0 radical (unpaired) electrons. The lowest BCUT2D eigenvalue weighted by molar-refractivity contribution is -0.120. The molecule has 25 heavy (non-hydrogen) atoms. The largest absolute Gasteiger partial charge is 0.472 e. The van der Waals surface area contributed by atoms with E-state index in [9.17, 15) is 4.79 Å². The second-order valence-corrected chi connectivity index (χ2v) is 9.69. The lowest BCUT2D eigenvalue weighted by Gasteiger charge is -2.21. The molecule has 0 saturated carbocycles. The zero-order valence-corrected chi connectivity index (χ0v) is 16.6. The molecule has 1 atom stereocenters. The van der Waals surface area contributed by atoms with Gasteiger partial charge in [-0.3, -0.25) is 4.79 Å². The van der Waals surface area contributed by atoms with Crippen LogP contribution in [-0.4, -0.2) is 36.0 Å². The number of thioether (sulfide) groups is 1. The molecule has 1 aromatic heterocycles. The normalized spacial score (nSPS) is 21.4. The Morgan fingerprint density at radius 2 is 2.20 bits per heavy atom. The second kappa shape index (κ2) is 7.97. The molecule has 3 N–H and O–H groups in total. The van der Waals surface area contributed by atoms with E-state index in [0.717, 1.165) is 41.7 Å². The molecule has 138 valence electrons. The Morgan fingerprint density at radius 1 is 1.44 bits per heavy atom. The Morgan fingerprint density at radius 3 is 2.88 bits per heavy atom. The number of rotatable bonds is 5. The molecule has 1 saturated heterocycles. The van der Waals surface area contributed by atoms with Crippen LogP contribution in [0, 0.1) is 11.3 Å². The number of aromatic nitrogens is 1. The van der Waals surface area contributed by atoms with Gasteiger partial charge in [-0.25, -0.2) is 4.98 Å². The van der Waals surface area contributed by atoms with E-state index in [2.05, 4.69) is 41.7 Å². The quantitative estimate of drug-likeness (QED) is 0.680. The topological polar surface area (TPSA) is 75.3 Å². The van der Waals surface area contributed by atoms with Gasteiger partial charge < -0.3 is 20.7 Å². The fraction of sp³-hybridized carbons (Fsp3) is 0.647. The summed E-state index contributed by atoms with van der Waals surface area (Å²) in [6, 6.07) is 0. The maximum Gasteiger partial charge on any atom is 0.229 e. The standard InChI is InChI=1S/C17H26N4O2S2/c1-17(2,3)12-8-19-13(23-12)10-24-14-9-20-16(25-14)21-15(22)11-4-6-18-7-5-11/h8-9,11,13,18-19H,4-7,10H2,1-3H3,(H,20,21,22). The van der Waals surface area contributed by atoms with E-state index in [4.69, 9.17) is 4.74 Å². The van der Waals surface area contributed by atoms with E-state index < -0.39 is 0 Å². The Hall–Kier alpha value is -1.25. The second-order valence-electron chi connectivity index (χ2n) is 7.34. The highest BCUT2D eigenvalue weighted by molar-refractivity contribution is 8.01. The van der Waals surface area contributed by atoms with Crippen LogP contribution < -0.4 is 16.0 Å². The number of hydrogen-bond donors (Lipinski definition) is 3. The van der Waals surface area contributed by atoms with Crippen molar-refractivity contribution in [3.8, 4) is 0 Å². The van der Waals surface area contributed by atoms with Crippen molar-refractivity contribution < 1.29 is 9.53 Å².